The highest BCUT2D eigenvalue weighted by Crippen LogP contribution is 2.15. The van der Waals surface area contributed by atoms with Gasteiger partial charge >= 0.3 is 0 Å². The van der Waals surface area contributed by atoms with Gasteiger partial charge in [0.15, 0.2) is 5.78 Å². The number of hydrogen-bond acceptors (Lipinski definition) is 5. The quantitative estimate of drug-likeness (QED) is 0.660. The van der Waals surface area contributed by atoms with Crippen LogP contribution in [0.25, 0.3) is 0 Å². The SMILES string of the molecule is Cc1ccc(C(=O)CCC(=O)NCCS(=O)(=O)N2CC(C)OC(C)C2)cc1C. The van der Waals surface area contributed by atoms with Crippen LogP contribution in [0.5, 0.6) is 0 Å². The molecule has 0 aliphatic carbocycles. The molecule has 8 heteroatoms. The van der Waals surface area contributed by atoms with Crippen molar-refractivity contribution in [3.8, 4) is 0 Å². The van der Waals surface area contributed by atoms with Gasteiger partial charge in [-0.15, -0.1) is 0 Å². The van der Waals surface area contributed by atoms with Crippen molar-refractivity contribution in [2.24, 2.45) is 0 Å². The number of nitrogens with zero attached hydrogens (tertiary/aromatic N) is 1. The normalized spacial score (nSPS) is 20.7. The summed E-state index contributed by atoms with van der Waals surface area (Å²) in [6, 6.07) is 5.48. The minimum atomic E-state index is -3.46. The highest BCUT2D eigenvalue weighted by Gasteiger charge is 2.30. The van der Waals surface area contributed by atoms with Gasteiger partial charge in [-0.2, -0.15) is 4.31 Å². The van der Waals surface area contributed by atoms with Gasteiger partial charge in [0.05, 0.1) is 18.0 Å². The third-order valence-electron chi connectivity index (χ3n) is 4.87. The maximum Gasteiger partial charge on any atom is 0.220 e. The summed E-state index contributed by atoms with van der Waals surface area (Å²) >= 11 is 0. The standard InChI is InChI=1S/C20H30N2O5S/c1-14-5-6-18(11-15(14)2)19(23)7-8-20(24)21-9-10-28(25,26)22-12-16(3)27-17(4)13-22/h5-6,11,16-17H,7-10,12-13H2,1-4H3,(H,21,24). The number of benzene rings is 1. The summed E-state index contributed by atoms with van der Waals surface area (Å²) in [4.78, 5) is 24.2. The van der Waals surface area contributed by atoms with Gasteiger partial charge in [-0.3, -0.25) is 9.59 Å². The van der Waals surface area contributed by atoms with Crippen LogP contribution < -0.4 is 5.32 Å². The minimum absolute atomic E-state index is 0.0269. The second-order valence-corrected chi connectivity index (χ2v) is 9.55. The summed E-state index contributed by atoms with van der Waals surface area (Å²) in [6.45, 7) is 8.27. The van der Waals surface area contributed by atoms with E-state index >= 15 is 0 Å². The molecule has 1 aliphatic heterocycles. The van der Waals surface area contributed by atoms with Crippen LogP contribution in [0.15, 0.2) is 18.2 Å². The van der Waals surface area contributed by atoms with E-state index in [1.165, 1.54) is 4.31 Å². The molecule has 2 unspecified atom stereocenters. The zero-order valence-electron chi connectivity index (χ0n) is 17.0. The van der Waals surface area contributed by atoms with Crippen LogP contribution in [0, 0.1) is 13.8 Å². The Balaban J connectivity index is 1.76. The summed E-state index contributed by atoms with van der Waals surface area (Å²) < 4.78 is 31.8. The average molecular weight is 411 g/mol. The van der Waals surface area contributed by atoms with Crippen LogP contribution in [-0.2, 0) is 19.6 Å². The molecule has 0 bridgehead atoms. The topological polar surface area (TPSA) is 92.8 Å². The summed E-state index contributed by atoms with van der Waals surface area (Å²) in [7, 11) is -3.46. The number of sulfonamides is 1. The summed E-state index contributed by atoms with van der Waals surface area (Å²) in [5.74, 6) is -0.582. The zero-order chi connectivity index (χ0) is 20.9. The third-order valence-corrected chi connectivity index (χ3v) is 6.67. The molecule has 0 aromatic heterocycles. The number of rotatable bonds is 8. The Morgan fingerprint density at radius 2 is 1.75 bits per heavy atom. The molecule has 7 nitrogen and oxygen atoms in total. The first-order chi connectivity index (χ1) is 13.1. The molecule has 1 fully saturated rings. The first-order valence-corrected chi connectivity index (χ1v) is 11.2. The molecule has 0 saturated carbocycles. The van der Waals surface area contributed by atoms with Crippen LogP contribution >= 0.6 is 0 Å². The summed E-state index contributed by atoms with van der Waals surface area (Å²) in [5, 5.41) is 2.60. The van der Waals surface area contributed by atoms with Crippen molar-refractivity contribution in [2.75, 3.05) is 25.4 Å². The minimum Gasteiger partial charge on any atom is -0.373 e. The van der Waals surface area contributed by atoms with Crippen molar-refractivity contribution in [3.05, 3.63) is 34.9 Å². The Morgan fingerprint density at radius 3 is 2.36 bits per heavy atom. The van der Waals surface area contributed by atoms with E-state index in [-0.39, 0.29) is 49.0 Å². The monoisotopic (exact) mass is 410 g/mol. The molecule has 1 N–H and O–H groups in total. The first-order valence-electron chi connectivity index (χ1n) is 9.59. The highest BCUT2D eigenvalue weighted by atomic mass is 32.2. The molecular formula is C20H30N2O5S. The van der Waals surface area contributed by atoms with Crippen LogP contribution in [0.4, 0.5) is 0 Å². The van der Waals surface area contributed by atoms with Crippen LogP contribution in [0.3, 0.4) is 0 Å². The molecule has 1 heterocycles. The number of carbonyl (C=O) groups excluding carboxylic acids is 2. The summed E-state index contributed by atoms with van der Waals surface area (Å²) in [6.07, 6.45) is -0.161. The molecule has 0 spiro atoms. The lowest BCUT2D eigenvalue weighted by Gasteiger charge is -2.34. The highest BCUT2D eigenvalue weighted by molar-refractivity contribution is 7.89. The number of nitrogens with one attached hydrogen (secondary N) is 1. The third kappa shape index (κ3) is 6.39. The molecule has 1 amide bonds. The second kappa shape index (κ2) is 9.62. The van der Waals surface area contributed by atoms with E-state index in [1.54, 1.807) is 6.07 Å². The van der Waals surface area contributed by atoms with E-state index in [1.807, 2.05) is 39.8 Å². The average Bonchev–Trinajstić information content (AvgIpc) is 2.61. The molecule has 0 radical (unpaired) electrons. The maximum atomic E-state index is 12.4. The van der Waals surface area contributed by atoms with Crippen molar-refractivity contribution in [1.29, 1.82) is 0 Å². The smallest absolute Gasteiger partial charge is 0.220 e. The summed E-state index contributed by atoms with van der Waals surface area (Å²) in [5.41, 5.74) is 2.74. The van der Waals surface area contributed by atoms with Crippen molar-refractivity contribution in [1.82, 2.24) is 9.62 Å². The van der Waals surface area contributed by atoms with Gasteiger partial charge in [0.2, 0.25) is 15.9 Å². The van der Waals surface area contributed by atoms with E-state index in [0.717, 1.165) is 11.1 Å². The molecule has 1 aromatic rings. The van der Waals surface area contributed by atoms with Gasteiger partial charge < -0.3 is 10.1 Å². The molecule has 28 heavy (non-hydrogen) atoms. The Labute approximate surface area is 167 Å². The van der Waals surface area contributed by atoms with Crippen LogP contribution in [-0.4, -0.2) is 62.0 Å². The number of Topliss-reactive ketones (excluding diaryl/α,β-unsaturated/α-hetero) is 1. The Morgan fingerprint density at radius 1 is 1.11 bits per heavy atom. The van der Waals surface area contributed by atoms with Crippen molar-refractivity contribution in [3.63, 3.8) is 0 Å². The Kier molecular flexibility index (Phi) is 7.74. The molecule has 2 rings (SSSR count). The lowest BCUT2D eigenvalue weighted by Crippen LogP contribution is -2.49. The second-order valence-electron chi connectivity index (χ2n) is 7.46. The first kappa shape index (κ1) is 22.5. The van der Waals surface area contributed by atoms with Crippen LogP contribution in [0.1, 0.15) is 48.2 Å². The fraction of sp³-hybridized carbons (Fsp3) is 0.600. The van der Waals surface area contributed by atoms with Gasteiger partial charge in [0.1, 0.15) is 0 Å². The van der Waals surface area contributed by atoms with Gasteiger partial charge in [-0.25, -0.2) is 8.42 Å². The number of morpholine rings is 1. The van der Waals surface area contributed by atoms with E-state index in [4.69, 9.17) is 4.74 Å². The molecule has 156 valence electrons. The molecule has 1 saturated heterocycles. The maximum absolute atomic E-state index is 12.4. The fourth-order valence-corrected chi connectivity index (χ4v) is 4.67. The van der Waals surface area contributed by atoms with Gasteiger partial charge in [-0.1, -0.05) is 12.1 Å². The Hall–Kier alpha value is -1.77. The van der Waals surface area contributed by atoms with Crippen LogP contribution in [0.2, 0.25) is 0 Å². The van der Waals surface area contributed by atoms with Gasteiger partial charge in [0.25, 0.3) is 0 Å². The number of ketones is 1. The fourth-order valence-electron chi connectivity index (χ4n) is 3.18. The van der Waals surface area contributed by atoms with E-state index < -0.39 is 10.0 Å². The van der Waals surface area contributed by atoms with Crippen molar-refractivity contribution < 1.29 is 22.7 Å². The predicted molar refractivity (Wildman–Crippen MR) is 108 cm³/mol. The van der Waals surface area contributed by atoms with Crippen molar-refractivity contribution in [2.45, 2.75) is 52.7 Å². The molecule has 1 aliphatic rings. The number of carbonyl (C=O) groups is 2. The number of hydrogen-bond donors (Lipinski definition) is 1. The molecular weight excluding hydrogens is 380 g/mol. The lowest BCUT2D eigenvalue weighted by atomic mass is 10.0. The van der Waals surface area contributed by atoms with Gasteiger partial charge in [0, 0.05) is 38.0 Å². The number of ether oxygens (including phenoxy) is 1. The lowest BCUT2D eigenvalue weighted by molar-refractivity contribution is -0.120. The van der Waals surface area contributed by atoms with Gasteiger partial charge in [-0.05, 0) is 44.9 Å². The van der Waals surface area contributed by atoms with E-state index in [0.29, 0.717) is 18.7 Å². The van der Waals surface area contributed by atoms with Crippen molar-refractivity contribution >= 4 is 21.7 Å². The van der Waals surface area contributed by atoms with E-state index in [9.17, 15) is 18.0 Å². The molecule has 1 aromatic carbocycles. The largest absolute Gasteiger partial charge is 0.373 e. The van der Waals surface area contributed by atoms with E-state index in [2.05, 4.69) is 5.32 Å². The number of amides is 1. The Bertz CT molecular complexity index is 812. The number of aryl methyl sites for hydroxylation is 2. The zero-order valence-corrected chi connectivity index (χ0v) is 17.8. The molecule has 2 atom stereocenters. The predicted octanol–water partition coefficient (Wildman–Crippen LogP) is 1.82.